The molecule has 1 heterocycles. The zero-order valence-corrected chi connectivity index (χ0v) is 17.6. The Bertz CT molecular complexity index is 1280. The maximum absolute atomic E-state index is 12.4. The number of carbonyl (C=O) groups excluding carboxylic acids is 2. The summed E-state index contributed by atoms with van der Waals surface area (Å²) in [6.45, 7) is 1.17. The summed E-state index contributed by atoms with van der Waals surface area (Å²) >= 11 is 0.861. The molecule has 3 aromatic rings. The molecule has 0 saturated carbocycles. The van der Waals surface area contributed by atoms with Crippen LogP contribution in [0.15, 0.2) is 29.2 Å². The number of para-hydroxylation sites is 1. The number of phenolic OH excluding ortho intramolecular Hbond substituents is 1. The number of aromatic hydroxyl groups is 1. The van der Waals surface area contributed by atoms with Gasteiger partial charge in [-0.2, -0.15) is 0 Å². The lowest BCUT2D eigenvalue weighted by atomic mass is 10.1. The molecule has 12 heteroatoms. The van der Waals surface area contributed by atoms with E-state index >= 15 is 0 Å². The number of amides is 1. The Kier molecular flexibility index (Phi) is 6.44. The number of aromatic nitrogens is 2. The molecule has 32 heavy (non-hydrogen) atoms. The first-order chi connectivity index (χ1) is 15.1. The normalized spacial score (nSPS) is 11.8. The van der Waals surface area contributed by atoms with Crippen molar-refractivity contribution in [1.29, 1.82) is 0 Å². The van der Waals surface area contributed by atoms with E-state index in [0.717, 1.165) is 18.9 Å². The quantitative estimate of drug-likeness (QED) is 0.229. The van der Waals surface area contributed by atoms with Crippen molar-refractivity contribution in [3.63, 3.8) is 0 Å². The minimum Gasteiger partial charge on any atom is -0.506 e. The van der Waals surface area contributed by atoms with E-state index < -0.39 is 35.6 Å². The first kappa shape index (κ1) is 22.7. The Balaban J connectivity index is 2.19. The Labute approximate surface area is 184 Å². The van der Waals surface area contributed by atoms with Crippen LogP contribution in [0.4, 0.5) is 0 Å². The number of nitrogens with one attached hydrogen (secondary N) is 1. The number of carboxylic acids is 2. The predicted molar refractivity (Wildman–Crippen MR) is 113 cm³/mol. The van der Waals surface area contributed by atoms with E-state index in [1.165, 1.54) is 31.2 Å². The van der Waals surface area contributed by atoms with Gasteiger partial charge in [0.1, 0.15) is 28.4 Å². The van der Waals surface area contributed by atoms with Gasteiger partial charge in [-0.15, -0.1) is 11.8 Å². The average Bonchev–Trinajstić information content (AvgIpc) is 2.74. The van der Waals surface area contributed by atoms with Gasteiger partial charge in [-0.1, -0.05) is 6.07 Å². The number of rotatable bonds is 7. The molecule has 3 rings (SSSR count). The molecule has 166 valence electrons. The van der Waals surface area contributed by atoms with Crippen LogP contribution in [0, 0.1) is 0 Å². The average molecular weight is 459 g/mol. The Morgan fingerprint density at radius 2 is 1.81 bits per heavy atom. The van der Waals surface area contributed by atoms with Gasteiger partial charge in [0.25, 0.3) is 0 Å². The molecule has 1 atom stereocenters. The van der Waals surface area contributed by atoms with E-state index in [2.05, 4.69) is 15.3 Å². The van der Waals surface area contributed by atoms with Crippen LogP contribution in [0.3, 0.4) is 0 Å². The summed E-state index contributed by atoms with van der Waals surface area (Å²) in [4.78, 5) is 55.3. The van der Waals surface area contributed by atoms with Crippen molar-refractivity contribution in [2.75, 3.05) is 12.9 Å². The number of aliphatic carboxylic acids is 1. The summed E-state index contributed by atoms with van der Waals surface area (Å²) in [7, 11) is 1.11. The van der Waals surface area contributed by atoms with Gasteiger partial charge in [0.05, 0.1) is 28.6 Å². The number of ether oxygens (including phenoxy) is 1. The number of nitrogens with zero attached hydrogens (tertiary/aromatic N) is 2. The number of fused-ring (bicyclic) bond motifs is 2. The summed E-state index contributed by atoms with van der Waals surface area (Å²) in [5, 5.41) is 31.7. The molecule has 0 aliphatic heterocycles. The van der Waals surface area contributed by atoms with Crippen LogP contribution >= 0.6 is 11.8 Å². The van der Waals surface area contributed by atoms with Crippen LogP contribution in [0.1, 0.15) is 27.6 Å². The number of thioether (sulfide) groups is 1. The molecule has 0 aliphatic rings. The van der Waals surface area contributed by atoms with E-state index in [1.807, 2.05) is 0 Å². The Morgan fingerprint density at radius 3 is 2.41 bits per heavy atom. The number of methoxy groups -OCH3 is 1. The molecular weight excluding hydrogens is 442 g/mol. The third kappa shape index (κ3) is 4.39. The maximum atomic E-state index is 12.4. The van der Waals surface area contributed by atoms with Gasteiger partial charge in [-0.3, -0.25) is 4.79 Å². The molecule has 0 radical (unpaired) electrons. The molecule has 1 aromatic heterocycles. The fraction of sp³-hybridized carbons (Fsp3) is 0.200. The number of hydrogen-bond acceptors (Lipinski definition) is 9. The minimum absolute atomic E-state index is 0.00890. The highest BCUT2D eigenvalue weighted by Crippen LogP contribution is 2.37. The van der Waals surface area contributed by atoms with Gasteiger partial charge in [0, 0.05) is 12.7 Å². The van der Waals surface area contributed by atoms with E-state index in [9.17, 15) is 34.5 Å². The third-order valence-corrected chi connectivity index (χ3v) is 5.52. The van der Waals surface area contributed by atoms with E-state index in [1.54, 1.807) is 0 Å². The Hall–Kier alpha value is -3.93. The van der Waals surface area contributed by atoms with Crippen LogP contribution in [-0.2, 0) is 14.3 Å². The monoisotopic (exact) mass is 459 g/mol. The molecule has 0 aliphatic carbocycles. The van der Waals surface area contributed by atoms with Crippen LogP contribution in [-0.4, -0.2) is 68.0 Å². The lowest BCUT2D eigenvalue weighted by Gasteiger charge is -2.15. The SMILES string of the molecule is COC(=O)c1c(O)c(SCC(NC(C)=O)C(=O)O)cc2nc3c(C(=O)O)cccc3nc12. The standard InChI is InChI=1S/C20H17N3O8S/c1-8(24)21-12(19(28)29)7-32-13-6-11-16(14(17(13)25)20(30)31-2)22-10-5-3-4-9(18(26)27)15(10)23-11/h3-6,12,25H,7H2,1-2H3,(H,21,24)(H,26,27)(H,28,29). The van der Waals surface area contributed by atoms with E-state index in [0.29, 0.717) is 0 Å². The second-order valence-electron chi connectivity index (χ2n) is 6.56. The highest BCUT2D eigenvalue weighted by molar-refractivity contribution is 7.99. The largest absolute Gasteiger partial charge is 0.506 e. The van der Waals surface area contributed by atoms with Gasteiger partial charge in [-0.25, -0.2) is 24.4 Å². The summed E-state index contributed by atoms with van der Waals surface area (Å²) in [5.74, 6) is -4.62. The number of esters is 1. The van der Waals surface area contributed by atoms with Gasteiger partial charge >= 0.3 is 17.9 Å². The summed E-state index contributed by atoms with van der Waals surface area (Å²) in [6, 6.07) is 4.45. The second kappa shape index (κ2) is 9.06. The fourth-order valence-electron chi connectivity index (χ4n) is 2.97. The molecule has 1 unspecified atom stereocenters. The van der Waals surface area contributed by atoms with Crippen molar-refractivity contribution < 1.29 is 39.2 Å². The van der Waals surface area contributed by atoms with Crippen LogP contribution < -0.4 is 5.32 Å². The zero-order chi connectivity index (χ0) is 23.6. The number of phenols is 1. The first-order valence-electron chi connectivity index (χ1n) is 9.04. The molecule has 1 amide bonds. The minimum atomic E-state index is -1.28. The lowest BCUT2D eigenvalue weighted by Crippen LogP contribution is -2.41. The van der Waals surface area contributed by atoms with E-state index in [4.69, 9.17) is 4.74 Å². The molecule has 2 aromatic carbocycles. The summed E-state index contributed by atoms with van der Waals surface area (Å²) in [6.07, 6.45) is 0. The van der Waals surface area contributed by atoms with Gasteiger partial charge in [-0.05, 0) is 18.2 Å². The van der Waals surface area contributed by atoms with Crippen molar-refractivity contribution in [2.45, 2.75) is 17.9 Å². The van der Waals surface area contributed by atoms with E-state index in [-0.39, 0.29) is 43.8 Å². The number of hydrogen-bond donors (Lipinski definition) is 4. The third-order valence-electron chi connectivity index (χ3n) is 4.40. The smallest absolute Gasteiger partial charge is 0.343 e. The number of aromatic carboxylic acids is 1. The molecule has 4 N–H and O–H groups in total. The number of carboxylic acid groups (broad SMARTS) is 2. The van der Waals surface area contributed by atoms with Crippen molar-refractivity contribution in [3.05, 3.63) is 35.4 Å². The van der Waals surface area contributed by atoms with Crippen molar-refractivity contribution in [1.82, 2.24) is 15.3 Å². The van der Waals surface area contributed by atoms with Crippen LogP contribution in [0.25, 0.3) is 22.1 Å². The fourth-order valence-corrected chi connectivity index (χ4v) is 3.98. The Morgan fingerprint density at radius 1 is 1.12 bits per heavy atom. The van der Waals surface area contributed by atoms with Crippen LogP contribution in [0.2, 0.25) is 0 Å². The highest BCUT2D eigenvalue weighted by Gasteiger charge is 2.25. The van der Waals surface area contributed by atoms with Crippen molar-refractivity contribution >= 4 is 57.6 Å². The summed E-state index contributed by atoms with van der Waals surface area (Å²) in [5.41, 5.74) is -0.0429. The molecule has 0 bridgehead atoms. The van der Waals surface area contributed by atoms with Crippen molar-refractivity contribution in [2.24, 2.45) is 0 Å². The number of benzene rings is 2. The molecule has 0 saturated heterocycles. The zero-order valence-electron chi connectivity index (χ0n) is 16.8. The predicted octanol–water partition coefficient (Wildman–Crippen LogP) is 1.65. The second-order valence-corrected chi connectivity index (χ2v) is 7.62. The molecule has 0 spiro atoms. The molecule has 11 nitrogen and oxygen atoms in total. The first-order valence-corrected chi connectivity index (χ1v) is 10.0. The van der Waals surface area contributed by atoms with Gasteiger partial charge in [0.15, 0.2) is 0 Å². The number of carbonyl (C=O) groups is 4. The van der Waals surface area contributed by atoms with Crippen molar-refractivity contribution in [3.8, 4) is 5.75 Å². The van der Waals surface area contributed by atoms with Crippen LogP contribution in [0.5, 0.6) is 5.75 Å². The highest BCUT2D eigenvalue weighted by atomic mass is 32.2. The molecular formula is C20H17N3O8S. The summed E-state index contributed by atoms with van der Waals surface area (Å²) < 4.78 is 4.75. The maximum Gasteiger partial charge on any atom is 0.343 e. The van der Waals surface area contributed by atoms with Gasteiger partial charge < -0.3 is 25.4 Å². The topological polar surface area (TPSA) is 176 Å². The van der Waals surface area contributed by atoms with Gasteiger partial charge in [0.2, 0.25) is 5.91 Å². The lowest BCUT2D eigenvalue weighted by molar-refractivity contribution is -0.140. The molecule has 0 fully saturated rings.